The number of rotatable bonds is 9. The van der Waals surface area contributed by atoms with Crippen molar-refractivity contribution in [3.8, 4) is 0 Å². The molecule has 0 aliphatic heterocycles. The molecule has 0 aromatic rings. The summed E-state index contributed by atoms with van der Waals surface area (Å²) in [6.45, 7) is 2.12. The number of hydrogen-bond acceptors (Lipinski definition) is 6. The number of quaternary nitrogens is 1. The second kappa shape index (κ2) is 9.98. The number of nitrogens with one attached hydrogen (secondary N) is 1. The van der Waals surface area contributed by atoms with Crippen LogP contribution in [0.25, 0.3) is 0 Å². The number of carbonyl (C=O) groups is 1. The van der Waals surface area contributed by atoms with E-state index in [1.807, 2.05) is 6.08 Å². The Balaban J connectivity index is 4.21. The van der Waals surface area contributed by atoms with Gasteiger partial charge < -0.3 is 9.94 Å². The maximum Gasteiger partial charge on any atom is 0.330 e. The van der Waals surface area contributed by atoms with Crippen LogP contribution in [0.4, 0.5) is 0 Å². The van der Waals surface area contributed by atoms with Crippen LogP contribution < -0.4 is 11.2 Å². The van der Waals surface area contributed by atoms with E-state index in [-0.39, 0.29) is 6.42 Å². The van der Waals surface area contributed by atoms with Gasteiger partial charge in [-0.1, -0.05) is 31.9 Å². The number of esters is 1. The number of carbonyl (C=O) groups excluding carboxylic acids is 1. The first-order chi connectivity index (χ1) is 8.54. The Morgan fingerprint density at radius 1 is 1.56 bits per heavy atom. The molecule has 0 heterocycles. The molecule has 18 heavy (non-hydrogen) atoms. The van der Waals surface area contributed by atoms with E-state index in [0.717, 1.165) is 25.7 Å². The lowest BCUT2D eigenvalue weighted by atomic mass is 10.1. The minimum absolute atomic E-state index is 0.224. The molecule has 0 bridgehead atoms. The highest BCUT2D eigenvalue weighted by molar-refractivity contribution is 5.75. The summed E-state index contributed by atoms with van der Waals surface area (Å²) in [4.78, 5) is 11.4. The van der Waals surface area contributed by atoms with E-state index in [1.54, 1.807) is 6.08 Å². The van der Waals surface area contributed by atoms with E-state index in [4.69, 9.17) is 11.0 Å². The Morgan fingerprint density at radius 3 is 2.72 bits per heavy atom. The highest BCUT2D eigenvalue weighted by Gasteiger charge is 2.28. The molecule has 0 fully saturated rings. The number of nitrogens with two attached hydrogens (primary N) is 1. The maximum atomic E-state index is 11.4. The summed E-state index contributed by atoms with van der Waals surface area (Å²) < 4.78 is 4.52. The van der Waals surface area contributed by atoms with Crippen molar-refractivity contribution in [2.24, 2.45) is 5.84 Å². The number of ether oxygens (including phenoxy) is 1. The van der Waals surface area contributed by atoms with Gasteiger partial charge in [0.15, 0.2) is 6.04 Å². The van der Waals surface area contributed by atoms with Crippen LogP contribution in [0.15, 0.2) is 12.2 Å². The molecule has 106 valence electrons. The van der Waals surface area contributed by atoms with Crippen LogP contribution in [0.5, 0.6) is 0 Å². The van der Waals surface area contributed by atoms with Crippen LogP contribution in [0.2, 0.25) is 0 Å². The highest BCUT2D eigenvalue weighted by atomic mass is 16.8. The lowest BCUT2D eigenvalue weighted by molar-refractivity contribution is -1.15. The van der Waals surface area contributed by atoms with Gasteiger partial charge in [0.1, 0.15) is 0 Å². The van der Waals surface area contributed by atoms with Gasteiger partial charge in [0.05, 0.1) is 7.11 Å². The molecule has 0 saturated carbocycles. The monoisotopic (exact) mass is 261 g/mol. The minimum atomic E-state index is -1.36. The molecule has 7 nitrogen and oxygen atoms in total. The number of nitrogens with zero attached hydrogens (tertiary/aromatic N) is 1. The number of unbranched alkanes of at least 4 members (excludes halogenated alkanes) is 3. The summed E-state index contributed by atoms with van der Waals surface area (Å²) in [7, 11) is 1.20. The van der Waals surface area contributed by atoms with Crippen LogP contribution in [0, 0.1) is 5.21 Å². The van der Waals surface area contributed by atoms with Crippen molar-refractivity contribution in [3.63, 3.8) is 0 Å². The summed E-state index contributed by atoms with van der Waals surface area (Å²) in [5, 5.41) is 18.6. The van der Waals surface area contributed by atoms with E-state index < -0.39 is 17.3 Å². The fraction of sp³-hybridized carbons (Fsp3) is 0.727. The van der Waals surface area contributed by atoms with Gasteiger partial charge in [0, 0.05) is 0 Å². The van der Waals surface area contributed by atoms with Crippen molar-refractivity contribution in [2.45, 2.75) is 45.1 Å². The molecule has 2 unspecified atom stereocenters. The zero-order valence-corrected chi connectivity index (χ0v) is 11.0. The van der Waals surface area contributed by atoms with Gasteiger partial charge >= 0.3 is 5.97 Å². The maximum absolute atomic E-state index is 11.4. The second-order valence-corrected chi connectivity index (χ2v) is 3.93. The molecule has 0 aromatic heterocycles. The van der Waals surface area contributed by atoms with E-state index in [9.17, 15) is 10.0 Å². The Morgan fingerprint density at radius 2 is 2.22 bits per heavy atom. The van der Waals surface area contributed by atoms with E-state index in [2.05, 4.69) is 11.7 Å². The SMILES string of the molecule is CCCCC/C=C/CC(C(=O)OC)N(N)[NH+]([O-])O. The molecule has 0 aliphatic rings. The van der Waals surface area contributed by atoms with Crippen molar-refractivity contribution < 1.29 is 20.1 Å². The fourth-order valence-corrected chi connectivity index (χ4v) is 1.45. The van der Waals surface area contributed by atoms with E-state index in [1.165, 1.54) is 7.11 Å². The van der Waals surface area contributed by atoms with Crippen molar-refractivity contribution in [2.75, 3.05) is 7.11 Å². The molecule has 0 aromatic carbocycles. The van der Waals surface area contributed by atoms with Crippen LogP contribution in [0.3, 0.4) is 0 Å². The molecule has 0 rings (SSSR count). The van der Waals surface area contributed by atoms with Gasteiger partial charge in [-0.3, -0.25) is 4.79 Å². The highest BCUT2D eigenvalue weighted by Crippen LogP contribution is 2.04. The van der Waals surface area contributed by atoms with Crippen LogP contribution in [-0.4, -0.2) is 29.4 Å². The average molecular weight is 261 g/mol. The summed E-state index contributed by atoms with van der Waals surface area (Å²) in [6.07, 6.45) is 8.22. The van der Waals surface area contributed by atoms with Gasteiger partial charge in [-0.25, -0.2) is 5.84 Å². The molecule has 7 heteroatoms. The predicted octanol–water partition coefficient (Wildman–Crippen LogP) is -0.0828. The third kappa shape index (κ3) is 6.67. The molecular formula is C11H23N3O4. The Kier molecular flexibility index (Phi) is 9.43. The standard InChI is InChI=1S/C11H23N3O4/c1-3-4-5-6-7-8-9-10(11(15)18-2)13(12)14(16)17/h7-8,10,14,16H,3-6,9,12H2,1-2H3/b8-7+. The largest absolute Gasteiger partial charge is 0.578 e. The number of hydrazine groups is 1. The van der Waals surface area contributed by atoms with Crippen molar-refractivity contribution in [1.29, 1.82) is 0 Å². The molecular weight excluding hydrogens is 238 g/mol. The molecule has 4 N–H and O–H groups in total. The van der Waals surface area contributed by atoms with Gasteiger partial charge in [-0.15, -0.1) is 5.34 Å². The molecule has 0 spiro atoms. The summed E-state index contributed by atoms with van der Waals surface area (Å²) >= 11 is 0. The Bertz CT molecular complexity index is 259. The zero-order valence-electron chi connectivity index (χ0n) is 11.0. The minimum Gasteiger partial charge on any atom is -0.578 e. The number of methoxy groups -OCH3 is 1. The first-order valence-corrected chi connectivity index (χ1v) is 6.04. The van der Waals surface area contributed by atoms with Crippen LogP contribution in [-0.2, 0) is 9.53 Å². The summed E-state index contributed by atoms with van der Waals surface area (Å²) in [5.74, 6) is 4.64. The fourth-order valence-electron chi connectivity index (χ4n) is 1.45. The third-order valence-electron chi connectivity index (χ3n) is 2.53. The molecule has 0 amide bonds. The molecule has 2 atom stereocenters. The smallest absolute Gasteiger partial charge is 0.330 e. The van der Waals surface area contributed by atoms with Crippen molar-refractivity contribution >= 4 is 5.97 Å². The van der Waals surface area contributed by atoms with E-state index >= 15 is 0 Å². The van der Waals surface area contributed by atoms with Gasteiger partial charge in [0.2, 0.25) is 0 Å². The molecule has 0 radical (unpaired) electrons. The van der Waals surface area contributed by atoms with Gasteiger partial charge in [-0.05, 0) is 24.4 Å². The zero-order chi connectivity index (χ0) is 14.0. The Hall–Kier alpha value is -0.990. The topological polar surface area (TPSA) is 103 Å². The van der Waals surface area contributed by atoms with Gasteiger partial charge in [0.25, 0.3) is 0 Å². The van der Waals surface area contributed by atoms with E-state index in [0.29, 0.717) is 5.12 Å². The first kappa shape index (κ1) is 17.0. The normalized spacial score (nSPS) is 15.0. The quantitative estimate of drug-likeness (QED) is 0.176. The van der Waals surface area contributed by atoms with Crippen LogP contribution in [0.1, 0.15) is 39.0 Å². The van der Waals surface area contributed by atoms with Crippen molar-refractivity contribution in [3.05, 3.63) is 17.4 Å². The van der Waals surface area contributed by atoms with Gasteiger partial charge in [-0.2, -0.15) is 5.21 Å². The van der Waals surface area contributed by atoms with Crippen LogP contribution >= 0.6 is 0 Å². The summed E-state index contributed by atoms with van der Waals surface area (Å²) in [5.41, 5.74) is 0. The third-order valence-corrected chi connectivity index (χ3v) is 2.53. The van der Waals surface area contributed by atoms with Crippen molar-refractivity contribution in [1.82, 2.24) is 5.12 Å². The molecule has 0 aliphatic carbocycles. The Labute approximate surface area is 107 Å². The second-order valence-electron chi connectivity index (χ2n) is 3.93. The lowest BCUT2D eigenvalue weighted by Crippen LogP contribution is -3.14. The number of hydrogen-bond donors (Lipinski definition) is 3. The lowest BCUT2D eigenvalue weighted by Gasteiger charge is -2.27. The first-order valence-electron chi connectivity index (χ1n) is 6.04. The predicted molar refractivity (Wildman–Crippen MR) is 65.8 cm³/mol. The number of allylic oxidation sites excluding steroid dienone is 1. The summed E-state index contributed by atoms with van der Waals surface area (Å²) in [6, 6.07) is -0.991. The average Bonchev–Trinajstić information content (AvgIpc) is 2.36. The molecule has 0 saturated heterocycles.